The summed E-state index contributed by atoms with van der Waals surface area (Å²) >= 11 is 0. The molecule has 0 aliphatic carbocycles. The maximum atomic E-state index is 10.4. The molecule has 0 saturated carbocycles. The first kappa shape index (κ1) is 9.70. The largest absolute Gasteiger partial charge is 0.463 e. The maximum absolute atomic E-state index is 10.4. The van der Waals surface area contributed by atoms with Gasteiger partial charge < -0.3 is 4.74 Å². The van der Waals surface area contributed by atoms with Crippen molar-refractivity contribution in [2.24, 2.45) is 0 Å². The van der Waals surface area contributed by atoms with Crippen LogP contribution in [0.3, 0.4) is 0 Å². The summed E-state index contributed by atoms with van der Waals surface area (Å²) in [6, 6.07) is 2.01. The second-order valence-electron chi connectivity index (χ2n) is 1.99. The van der Waals surface area contributed by atoms with Crippen LogP contribution in [-0.2, 0) is 9.53 Å². The zero-order chi connectivity index (χ0) is 8.53. The van der Waals surface area contributed by atoms with E-state index in [1.165, 1.54) is 0 Å². The summed E-state index contributed by atoms with van der Waals surface area (Å²) in [7, 11) is 0. The number of unbranched alkanes of at least 4 members (excludes halogenated alkanes) is 2. The molecule has 11 heavy (non-hydrogen) atoms. The highest BCUT2D eigenvalue weighted by atomic mass is 16.5. The van der Waals surface area contributed by atoms with Gasteiger partial charge in [0, 0.05) is 12.5 Å². The molecule has 0 rings (SSSR count). The Hall–Kier alpha value is -1.30. The number of esters is 1. The predicted octanol–water partition coefficient (Wildman–Crippen LogP) is 1.41. The van der Waals surface area contributed by atoms with E-state index in [-0.39, 0.29) is 0 Å². The van der Waals surface area contributed by atoms with Crippen LogP contribution in [0.25, 0.3) is 0 Å². The van der Waals surface area contributed by atoms with Gasteiger partial charge in [0.2, 0.25) is 0 Å². The molecular weight excluding hydrogens is 142 g/mol. The summed E-state index contributed by atoms with van der Waals surface area (Å²) < 4.78 is 4.67. The highest BCUT2D eigenvalue weighted by molar-refractivity contribution is 5.81. The third kappa shape index (κ3) is 6.59. The van der Waals surface area contributed by atoms with Gasteiger partial charge in [-0.3, -0.25) is 0 Å². The predicted molar refractivity (Wildman–Crippen MR) is 40.6 cm³/mol. The summed E-state index contributed by atoms with van der Waals surface area (Å²) in [6.07, 6.45) is 3.17. The van der Waals surface area contributed by atoms with Gasteiger partial charge in [-0.2, -0.15) is 5.26 Å². The van der Waals surface area contributed by atoms with Crippen molar-refractivity contribution in [2.75, 3.05) is 6.61 Å². The molecule has 0 aromatic heterocycles. The van der Waals surface area contributed by atoms with Gasteiger partial charge in [0.25, 0.3) is 0 Å². The molecule has 0 aliphatic rings. The lowest BCUT2D eigenvalue weighted by Gasteiger charge is -1.98. The van der Waals surface area contributed by atoms with Crippen molar-refractivity contribution in [1.82, 2.24) is 0 Å². The molecule has 0 amide bonds. The van der Waals surface area contributed by atoms with Gasteiger partial charge in [-0.1, -0.05) is 6.58 Å². The third-order valence-corrected chi connectivity index (χ3v) is 1.09. The summed E-state index contributed by atoms with van der Waals surface area (Å²) in [5.74, 6) is -0.401. The van der Waals surface area contributed by atoms with Crippen LogP contribution in [0.4, 0.5) is 0 Å². The maximum Gasteiger partial charge on any atom is 0.330 e. The highest BCUT2D eigenvalue weighted by Crippen LogP contribution is 1.94. The fourth-order valence-electron chi connectivity index (χ4n) is 0.538. The number of ether oxygens (including phenoxy) is 1. The van der Waals surface area contributed by atoms with Gasteiger partial charge in [0.15, 0.2) is 0 Å². The Balaban J connectivity index is 3.09. The van der Waals surface area contributed by atoms with Crippen molar-refractivity contribution < 1.29 is 9.53 Å². The standard InChI is InChI=1S/C8H11NO2/c1-2-8(10)11-7-5-3-4-6-9/h2H,1,3-5,7H2. The molecular formula is C8H11NO2. The van der Waals surface area contributed by atoms with Crippen LogP contribution >= 0.6 is 0 Å². The van der Waals surface area contributed by atoms with Crippen LogP contribution in [0.2, 0.25) is 0 Å². The molecule has 3 heteroatoms. The molecule has 0 aliphatic heterocycles. The van der Waals surface area contributed by atoms with Crippen molar-refractivity contribution in [1.29, 1.82) is 5.26 Å². The van der Waals surface area contributed by atoms with Gasteiger partial charge in [0.05, 0.1) is 12.7 Å². The van der Waals surface area contributed by atoms with E-state index >= 15 is 0 Å². The second-order valence-corrected chi connectivity index (χ2v) is 1.99. The van der Waals surface area contributed by atoms with E-state index in [0.29, 0.717) is 13.0 Å². The lowest BCUT2D eigenvalue weighted by Crippen LogP contribution is -2.01. The van der Waals surface area contributed by atoms with Crippen molar-refractivity contribution in [2.45, 2.75) is 19.3 Å². The Labute approximate surface area is 66.3 Å². The minimum absolute atomic E-state index is 0.381. The summed E-state index contributed by atoms with van der Waals surface area (Å²) in [5.41, 5.74) is 0. The van der Waals surface area contributed by atoms with Crippen LogP contribution in [-0.4, -0.2) is 12.6 Å². The monoisotopic (exact) mass is 153 g/mol. The molecule has 0 aromatic rings. The average Bonchev–Trinajstić information content (AvgIpc) is 2.04. The minimum atomic E-state index is -0.401. The number of nitrogens with zero attached hydrogens (tertiary/aromatic N) is 1. The van der Waals surface area contributed by atoms with Crippen molar-refractivity contribution in [3.8, 4) is 6.07 Å². The van der Waals surface area contributed by atoms with Gasteiger partial charge >= 0.3 is 5.97 Å². The molecule has 0 fully saturated rings. The van der Waals surface area contributed by atoms with E-state index in [9.17, 15) is 4.79 Å². The van der Waals surface area contributed by atoms with Gasteiger partial charge in [-0.15, -0.1) is 0 Å². The van der Waals surface area contributed by atoms with Crippen LogP contribution in [0, 0.1) is 11.3 Å². The van der Waals surface area contributed by atoms with Crippen LogP contribution in [0.5, 0.6) is 0 Å². The Morgan fingerprint density at radius 1 is 1.64 bits per heavy atom. The third-order valence-electron chi connectivity index (χ3n) is 1.09. The number of hydrogen-bond donors (Lipinski definition) is 0. The van der Waals surface area contributed by atoms with Gasteiger partial charge in [0.1, 0.15) is 0 Å². The molecule has 0 heterocycles. The fourth-order valence-corrected chi connectivity index (χ4v) is 0.538. The smallest absolute Gasteiger partial charge is 0.330 e. The van der Waals surface area contributed by atoms with Crippen LogP contribution in [0.15, 0.2) is 12.7 Å². The van der Waals surface area contributed by atoms with E-state index in [1.54, 1.807) is 0 Å². The molecule has 0 bridgehead atoms. The Kier molecular flexibility index (Phi) is 6.01. The van der Waals surface area contributed by atoms with E-state index in [0.717, 1.165) is 18.9 Å². The van der Waals surface area contributed by atoms with Crippen molar-refractivity contribution in [3.05, 3.63) is 12.7 Å². The molecule has 60 valence electrons. The van der Waals surface area contributed by atoms with Gasteiger partial charge in [-0.05, 0) is 12.8 Å². The molecule has 0 N–H and O–H groups in total. The summed E-state index contributed by atoms with van der Waals surface area (Å²) in [4.78, 5) is 10.4. The van der Waals surface area contributed by atoms with Crippen LogP contribution < -0.4 is 0 Å². The lowest BCUT2D eigenvalue weighted by atomic mass is 10.3. The van der Waals surface area contributed by atoms with E-state index in [2.05, 4.69) is 11.3 Å². The fraction of sp³-hybridized carbons (Fsp3) is 0.500. The lowest BCUT2D eigenvalue weighted by molar-refractivity contribution is -0.137. The number of carbonyl (C=O) groups excluding carboxylic acids is 1. The SMILES string of the molecule is C=CC(=O)OCCCCC#N. The van der Waals surface area contributed by atoms with Crippen LogP contribution in [0.1, 0.15) is 19.3 Å². The Morgan fingerprint density at radius 2 is 2.36 bits per heavy atom. The summed E-state index contributed by atoms with van der Waals surface area (Å²) in [5, 5.41) is 8.15. The number of hydrogen-bond acceptors (Lipinski definition) is 3. The normalized spacial score (nSPS) is 8.27. The first-order valence-electron chi connectivity index (χ1n) is 3.47. The van der Waals surface area contributed by atoms with E-state index in [1.807, 2.05) is 6.07 Å². The number of nitriles is 1. The first-order valence-corrected chi connectivity index (χ1v) is 3.47. The van der Waals surface area contributed by atoms with Crippen molar-refractivity contribution in [3.63, 3.8) is 0 Å². The van der Waals surface area contributed by atoms with E-state index in [4.69, 9.17) is 5.26 Å². The quantitative estimate of drug-likeness (QED) is 0.341. The molecule has 0 atom stereocenters. The number of carbonyl (C=O) groups is 1. The molecule has 0 radical (unpaired) electrons. The Bertz CT molecular complexity index is 169. The molecule has 0 aromatic carbocycles. The molecule has 0 unspecified atom stereocenters. The first-order chi connectivity index (χ1) is 5.31. The van der Waals surface area contributed by atoms with Gasteiger partial charge in [-0.25, -0.2) is 4.79 Å². The molecule has 0 saturated heterocycles. The topological polar surface area (TPSA) is 50.1 Å². The van der Waals surface area contributed by atoms with Crippen molar-refractivity contribution >= 4 is 5.97 Å². The Morgan fingerprint density at radius 3 is 2.91 bits per heavy atom. The molecule has 0 spiro atoms. The highest BCUT2D eigenvalue weighted by Gasteiger charge is 1.93. The summed E-state index contributed by atoms with van der Waals surface area (Å²) in [6.45, 7) is 3.63. The zero-order valence-corrected chi connectivity index (χ0v) is 6.38. The average molecular weight is 153 g/mol. The molecule has 3 nitrogen and oxygen atoms in total. The minimum Gasteiger partial charge on any atom is -0.463 e. The van der Waals surface area contributed by atoms with E-state index < -0.39 is 5.97 Å². The second kappa shape index (κ2) is 6.81. The zero-order valence-electron chi connectivity index (χ0n) is 6.38. The number of rotatable bonds is 5.